The lowest BCUT2D eigenvalue weighted by atomic mass is 9.86. The van der Waals surface area contributed by atoms with E-state index in [2.05, 4.69) is 36.7 Å². The van der Waals surface area contributed by atoms with Gasteiger partial charge in [-0.25, -0.2) is 0 Å². The Hall–Kier alpha value is -0.340. The molecule has 1 unspecified atom stereocenters. The van der Waals surface area contributed by atoms with Gasteiger partial charge in [0, 0.05) is 0 Å². The van der Waals surface area contributed by atoms with Crippen LogP contribution in [0.3, 0.4) is 0 Å². The number of rotatable bonds is 2. The summed E-state index contributed by atoms with van der Waals surface area (Å²) in [5.74, 6) is 0. The molecule has 0 spiro atoms. The van der Waals surface area contributed by atoms with Crippen molar-refractivity contribution < 1.29 is 4.79 Å². The molecule has 1 aromatic carbocycles. The molecule has 0 radical (unpaired) electrons. The maximum atomic E-state index is 10.9. The summed E-state index contributed by atoms with van der Waals surface area (Å²) in [4.78, 5) is 10.5. The SMILES string of the molecule is CC(C)(C)c1ccc(C(Br)C(=O)Cl)cc1. The third-order valence-corrected chi connectivity index (χ3v) is 3.69. The predicted molar refractivity (Wildman–Crippen MR) is 67.7 cm³/mol. The molecular weight excluding hydrogens is 275 g/mol. The van der Waals surface area contributed by atoms with Gasteiger partial charge in [-0.1, -0.05) is 61.0 Å². The molecule has 0 aliphatic rings. The average molecular weight is 290 g/mol. The molecule has 82 valence electrons. The van der Waals surface area contributed by atoms with E-state index in [0.717, 1.165) is 5.56 Å². The summed E-state index contributed by atoms with van der Waals surface area (Å²) >= 11 is 8.65. The lowest BCUT2D eigenvalue weighted by molar-refractivity contribution is -0.111. The van der Waals surface area contributed by atoms with Crippen LogP contribution in [0.5, 0.6) is 0 Å². The van der Waals surface area contributed by atoms with Crippen LogP contribution >= 0.6 is 27.5 Å². The molecule has 15 heavy (non-hydrogen) atoms. The summed E-state index contributed by atoms with van der Waals surface area (Å²) in [6.07, 6.45) is 0. The highest BCUT2D eigenvalue weighted by molar-refractivity contribution is 9.09. The van der Waals surface area contributed by atoms with Crippen LogP contribution in [-0.2, 0) is 10.2 Å². The maximum absolute atomic E-state index is 10.9. The summed E-state index contributed by atoms with van der Waals surface area (Å²) in [7, 11) is 0. The number of benzene rings is 1. The first kappa shape index (κ1) is 12.7. The first-order valence-corrected chi connectivity index (χ1v) is 6.05. The summed E-state index contributed by atoms with van der Waals surface area (Å²) in [6, 6.07) is 7.92. The molecule has 1 atom stereocenters. The number of carbonyl (C=O) groups is 1. The predicted octanol–water partition coefficient (Wildman–Crippen LogP) is 4.19. The summed E-state index contributed by atoms with van der Waals surface area (Å²) in [6.45, 7) is 6.46. The molecule has 1 nitrogen and oxygen atoms in total. The Balaban J connectivity index is 2.95. The van der Waals surface area contributed by atoms with Crippen molar-refractivity contribution in [3.63, 3.8) is 0 Å². The Bertz CT molecular complexity index is 351. The number of hydrogen-bond acceptors (Lipinski definition) is 1. The van der Waals surface area contributed by atoms with Gasteiger partial charge < -0.3 is 0 Å². The number of hydrogen-bond donors (Lipinski definition) is 0. The van der Waals surface area contributed by atoms with Crippen LogP contribution in [0, 0.1) is 0 Å². The van der Waals surface area contributed by atoms with Gasteiger partial charge in [0.1, 0.15) is 4.83 Å². The van der Waals surface area contributed by atoms with Gasteiger partial charge in [-0.15, -0.1) is 0 Å². The van der Waals surface area contributed by atoms with Gasteiger partial charge in [0.2, 0.25) is 5.24 Å². The Labute approximate surface area is 104 Å². The maximum Gasteiger partial charge on any atom is 0.239 e. The highest BCUT2D eigenvalue weighted by Crippen LogP contribution is 2.28. The standard InChI is InChI=1S/C12H14BrClO/c1-12(2,3)9-6-4-8(5-7-9)10(13)11(14)15/h4-7,10H,1-3H3. The number of halogens is 2. The molecule has 0 aliphatic heterocycles. The molecule has 0 N–H and O–H groups in total. The van der Waals surface area contributed by atoms with Gasteiger partial charge in [-0.2, -0.15) is 0 Å². The molecule has 0 amide bonds. The largest absolute Gasteiger partial charge is 0.280 e. The lowest BCUT2D eigenvalue weighted by Gasteiger charge is -2.19. The van der Waals surface area contributed by atoms with E-state index in [0.29, 0.717) is 0 Å². The molecule has 1 rings (SSSR count). The smallest absolute Gasteiger partial charge is 0.239 e. The van der Waals surface area contributed by atoms with E-state index in [9.17, 15) is 4.79 Å². The van der Waals surface area contributed by atoms with Gasteiger partial charge in [0.25, 0.3) is 0 Å². The quantitative estimate of drug-likeness (QED) is 0.589. The molecule has 0 fully saturated rings. The van der Waals surface area contributed by atoms with Crippen molar-refractivity contribution in [2.75, 3.05) is 0 Å². The highest BCUT2D eigenvalue weighted by Gasteiger charge is 2.17. The van der Waals surface area contributed by atoms with E-state index in [1.807, 2.05) is 24.3 Å². The van der Waals surface area contributed by atoms with Gasteiger partial charge >= 0.3 is 0 Å². The van der Waals surface area contributed by atoms with Gasteiger partial charge in [0.15, 0.2) is 0 Å². The molecule has 0 heterocycles. The van der Waals surface area contributed by atoms with Crippen LogP contribution in [0.1, 0.15) is 36.7 Å². The second-order valence-electron chi connectivity index (χ2n) is 4.54. The van der Waals surface area contributed by atoms with Crippen molar-refractivity contribution in [1.29, 1.82) is 0 Å². The zero-order valence-corrected chi connectivity index (χ0v) is 11.4. The molecule has 0 aromatic heterocycles. The Kier molecular flexibility index (Phi) is 3.96. The zero-order chi connectivity index (χ0) is 11.6. The molecule has 1 aromatic rings. The Morgan fingerprint density at radius 1 is 1.27 bits per heavy atom. The second-order valence-corrected chi connectivity index (χ2v) is 5.83. The van der Waals surface area contributed by atoms with E-state index >= 15 is 0 Å². The van der Waals surface area contributed by atoms with Gasteiger partial charge in [-0.05, 0) is 28.1 Å². The fraction of sp³-hybridized carbons (Fsp3) is 0.417. The fourth-order valence-corrected chi connectivity index (χ4v) is 1.71. The zero-order valence-electron chi connectivity index (χ0n) is 9.05. The first-order valence-electron chi connectivity index (χ1n) is 4.76. The minimum Gasteiger partial charge on any atom is -0.280 e. The van der Waals surface area contributed by atoms with Crippen LogP contribution < -0.4 is 0 Å². The van der Waals surface area contributed by atoms with Crippen LogP contribution in [-0.4, -0.2) is 5.24 Å². The molecular formula is C12H14BrClO. The van der Waals surface area contributed by atoms with E-state index in [1.165, 1.54) is 5.56 Å². The van der Waals surface area contributed by atoms with Crippen LogP contribution in [0.4, 0.5) is 0 Å². The third kappa shape index (κ3) is 3.32. The van der Waals surface area contributed by atoms with Crippen molar-refractivity contribution in [2.24, 2.45) is 0 Å². The molecule has 0 aliphatic carbocycles. The monoisotopic (exact) mass is 288 g/mol. The second kappa shape index (κ2) is 4.67. The molecule has 0 bridgehead atoms. The van der Waals surface area contributed by atoms with Crippen molar-refractivity contribution in [3.05, 3.63) is 35.4 Å². The summed E-state index contributed by atoms with van der Waals surface area (Å²) < 4.78 is 0. The van der Waals surface area contributed by atoms with Gasteiger partial charge in [0.05, 0.1) is 0 Å². The summed E-state index contributed by atoms with van der Waals surface area (Å²) in [5.41, 5.74) is 2.27. The Morgan fingerprint density at radius 2 is 1.73 bits per heavy atom. The lowest BCUT2D eigenvalue weighted by Crippen LogP contribution is -2.11. The van der Waals surface area contributed by atoms with Crippen molar-refractivity contribution >= 4 is 32.8 Å². The minimum atomic E-state index is -0.409. The average Bonchev–Trinajstić information content (AvgIpc) is 2.15. The Morgan fingerprint density at radius 3 is 2.07 bits per heavy atom. The van der Waals surface area contributed by atoms with Crippen LogP contribution in [0.15, 0.2) is 24.3 Å². The number of alkyl halides is 1. The van der Waals surface area contributed by atoms with Crippen LogP contribution in [0.2, 0.25) is 0 Å². The van der Waals surface area contributed by atoms with E-state index in [4.69, 9.17) is 11.6 Å². The molecule has 3 heteroatoms. The van der Waals surface area contributed by atoms with Gasteiger partial charge in [-0.3, -0.25) is 4.79 Å². The fourth-order valence-electron chi connectivity index (χ4n) is 1.28. The van der Waals surface area contributed by atoms with Crippen molar-refractivity contribution in [2.45, 2.75) is 31.0 Å². The first-order chi connectivity index (χ1) is 6.82. The van der Waals surface area contributed by atoms with Crippen LogP contribution in [0.25, 0.3) is 0 Å². The molecule has 0 saturated carbocycles. The third-order valence-electron chi connectivity index (χ3n) is 2.27. The summed E-state index contributed by atoms with van der Waals surface area (Å²) in [5, 5.41) is -0.390. The van der Waals surface area contributed by atoms with E-state index in [1.54, 1.807) is 0 Å². The van der Waals surface area contributed by atoms with Crippen molar-refractivity contribution in [3.8, 4) is 0 Å². The number of carbonyl (C=O) groups excluding carboxylic acids is 1. The van der Waals surface area contributed by atoms with E-state index < -0.39 is 10.1 Å². The minimum absolute atomic E-state index is 0.130. The van der Waals surface area contributed by atoms with E-state index in [-0.39, 0.29) is 5.41 Å². The van der Waals surface area contributed by atoms with Crippen molar-refractivity contribution in [1.82, 2.24) is 0 Å². The topological polar surface area (TPSA) is 17.1 Å². The molecule has 0 saturated heterocycles. The highest BCUT2D eigenvalue weighted by atomic mass is 79.9. The normalized spacial score (nSPS) is 13.7.